The second-order valence-corrected chi connectivity index (χ2v) is 4.54. The first-order chi connectivity index (χ1) is 9.28. The Morgan fingerprint density at radius 1 is 1.21 bits per heavy atom. The maximum absolute atomic E-state index is 5.63. The minimum absolute atomic E-state index is 0.701. The molecule has 2 heterocycles. The van der Waals surface area contributed by atoms with Crippen molar-refractivity contribution in [2.75, 3.05) is 20.3 Å². The molecular weight excluding hydrogens is 240 g/mol. The number of aromatic nitrogens is 1. The predicted molar refractivity (Wildman–Crippen MR) is 73.7 cm³/mol. The van der Waals surface area contributed by atoms with Crippen LogP contribution in [0, 0.1) is 6.92 Å². The summed E-state index contributed by atoms with van der Waals surface area (Å²) in [7, 11) is 1.72. The number of pyridine rings is 1. The molecule has 0 aliphatic rings. The molecule has 2 aromatic heterocycles. The van der Waals surface area contributed by atoms with Crippen LogP contribution in [0.2, 0.25) is 0 Å². The number of furan rings is 1. The first kappa shape index (κ1) is 13.8. The molecule has 0 fully saturated rings. The van der Waals surface area contributed by atoms with E-state index in [1.54, 1.807) is 7.11 Å². The Bertz CT molecular complexity index is 482. The van der Waals surface area contributed by atoms with E-state index in [0.29, 0.717) is 6.61 Å². The zero-order valence-electron chi connectivity index (χ0n) is 11.5. The Balaban J connectivity index is 1.99. The summed E-state index contributed by atoms with van der Waals surface area (Å²) in [5.41, 5.74) is 1.06. The standard InChI is InChI=1S/C15H20N2O2/c1-13-6-7-15(19-13)12-17(9-10-18-2)11-14-5-3-4-8-16-14/h3-8H,9-12H2,1-2H3. The van der Waals surface area contributed by atoms with Gasteiger partial charge in [-0.3, -0.25) is 9.88 Å². The molecule has 0 saturated heterocycles. The van der Waals surface area contributed by atoms with Crippen LogP contribution in [0.4, 0.5) is 0 Å². The zero-order valence-corrected chi connectivity index (χ0v) is 11.5. The summed E-state index contributed by atoms with van der Waals surface area (Å²) in [6, 6.07) is 9.98. The van der Waals surface area contributed by atoms with Crippen molar-refractivity contribution in [1.29, 1.82) is 0 Å². The van der Waals surface area contributed by atoms with E-state index in [2.05, 4.69) is 9.88 Å². The Labute approximate surface area is 114 Å². The lowest BCUT2D eigenvalue weighted by molar-refractivity contribution is 0.134. The summed E-state index contributed by atoms with van der Waals surface area (Å²) in [5, 5.41) is 0. The predicted octanol–water partition coefficient (Wildman–Crippen LogP) is 2.63. The highest BCUT2D eigenvalue weighted by Gasteiger charge is 2.10. The number of aryl methyl sites for hydroxylation is 1. The van der Waals surface area contributed by atoms with E-state index in [4.69, 9.17) is 9.15 Å². The smallest absolute Gasteiger partial charge is 0.118 e. The quantitative estimate of drug-likeness (QED) is 0.767. The Hall–Kier alpha value is -1.65. The van der Waals surface area contributed by atoms with Gasteiger partial charge in [0.15, 0.2) is 0 Å². The van der Waals surface area contributed by atoms with Crippen LogP contribution in [-0.4, -0.2) is 30.1 Å². The number of nitrogens with zero attached hydrogens (tertiary/aromatic N) is 2. The normalized spacial score (nSPS) is 11.1. The van der Waals surface area contributed by atoms with E-state index < -0.39 is 0 Å². The Morgan fingerprint density at radius 2 is 2.11 bits per heavy atom. The van der Waals surface area contributed by atoms with Crippen molar-refractivity contribution in [3.05, 3.63) is 53.7 Å². The van der Waals surface area contributed by atoms with Crippen molar-refractivity contribution in [3.63, 3.8) is 0 Å². The SMILES string of the molecule is COCCN(Cc1ccccn1)Cc1ccc(C)o1. The van der Waals surface area contributed by atoms with Crippen molar-refractivity contribution in [2.24, 2.45) is 0 Å². The van der Waals surface area contributed by atoms with Gasteiger partial charge in [0, 0.05) is 26.4 Å². The van der Waals surface area contributed by atoms with E-state index in [1.165, 1.54) is 0 Å². The third kappa shape index (κ3) is 4.50. The fourth-order valence-corrected chi connectivity index (χ4v) is 1.95. The highest BCUT2D eigenvalue weighted by Crippen LogP contribution is 2.11. The van der Waals surface area contributed by atoms with E-state index in [-0.39, 0.29) is 0 Å². The van der Waals surface area contributed by atoms with Gasteiger partial charge in [0.2, 0.25) is 0 Å². The van der Waals surface area contributed by atoms with Gasteiger partial charge in [0.05, 0.1) is 18.8 Å². The van der Waals surface area contributed by atoms with E-state index in [0.717, 1.165) is 36.8 Å². The number of ether oxygens (including phenoxy) is 1. The molecule has 4 nitrogen and oxygen atoms in total. The van der Waals surface area contributed by atoms with Crippen LogP contribution in [0.15, 0.2) is 40.9 Å². The topological polar surface area (TPSA) is 38.5 Å². The zero-order chi connectivity index (χ0) is 13.5. The number of methoxy groups -OCH3 is 1. The van der Waals surface area contributed by atoms with E-state index >= 15 is 0 Å². The average Bonchev–Trinajstić information content (AvgIpc) is 2.82. The van der Waals surface area contributed by atoms with Crippen LogP contribution < -0.4 is 0 Å². The summed E-state index contributed by atoms with van der Waals surface area (Å²) in [6.45, 7) is 5.08. The van der Waals surface area contributed by atoms with Crippen molar-refractivity contribution >= 4 is 0 Å². The monoisotopic (exact) mass is 260 g/mol. The second kappa shape index (κ2) is 7.07. The van der Waals surface area contributed by atoms with Crippen LogP contribution in [0.3, 0.4) is 0 Å². The fraction of sp³-hybridized carbons (Fsp3) is 0.400. The first-order valence-corrected chi connectivity index (χ1v) is 6.44. The Morgan fingerprint density at radius 3 is 2.74 bits per heavy atom. The number of hydrogen-bond acceptors (Lipinski definition) is 4. The number of hydrogen-bond donors (Lipinski definition) is 0. The summed E-state index contributed by atoms with van der Waals surface area (Å²) < 4.78 is 10.8. The van der Waals surface area contributed by atoms with Gasteiger partial charge in [-0.15, -0.1) is 0 Å². The summed E-state index contributed by atoms with van der Waals surface area (Å²) >= 11 is 0. The van der Waals surface area contributed by atoms with Crippen LogP contribution >= 0.6 is 0 Å². The van der Waals surface area contributed by atoms with Gasteiger partial charge in [-0.25, -0.2) is 0 Å². The van der Waals surface area contributed by atoms with Crippen molar-refractivity contribution in [2.45, 2.75) is 20.0 Å². The van der Waals surface area contributed by atoms with Gasteiger partial charge in [0.1, 0.15) is 11.5 Å². The first-order valence-electron chi connectivity index (χ1n) is 6.44. The molecule has 0 bridgehead atoms. The summed E-state index contributed by atoms with van der Waals surface area (Å²) in [4.78, 5) is 6.63. The van der Waals surface area contributed by atoms with Crippen LogP contribution in [0.25, 0.3) is 0 Å². The van der Waals surface area contributed by atoms with Crippen molar-refractivity contribution < 1.29 is 9.15 Å². The molecule has 0 spiro atoms. The minimum Gasteiger partial charge on any atom is -0.465 e. The molecule has 2 aromatic rings. The highest BCUT2D eigenvalue weighted by molar-refractivity contribution is 5.07. The Kier molecular flexibility index (Phi) is 5.12. The van der Waals surface area contributed by atoms with Gasteiger partial charge in [-0.2, -0.15) is 0 Å². The maximum atomic E-state index is 5.63. The van der Waals surface area contributed by atoms with Gasteiger partial charge >= 0.3 is 0 Å². The largest absolute Gasteiger partial charge is 0.465 e. The minimum atomic E-state index is 0.701. The molecule has 0 radical (unpaired) electrons. The molecule has 102 valence electrons. The molecular formula is C15H20N2O2. The molecule has 0 N–H and O–H groups in total. The molecule has 0 aromatic carbocycles. The van der Waals surface area contributed by atoms with Gasteiger partial charge in [-0.05, 0) is 31.2 Å². The molecule has 0 aliphatic heterocycles. The fourth-order valence-electron chi connectivity index (χ4n) is 1.95. The number of rotatable bonds is 7. The van der Waals surface area contributed by atoms with Crippen molar-refractivity contribution in [3.8, 4) is 0 Å². The molecule has 0 saturated carbocycles. The van der Waals surface area contributed by atoms with E-state index in [1.807, 2.05) is 43.5 Å². The lowest BCUT2D eigenvalue weighted by Crippen LogP contribution is -2.26. The van der Waals surface area contributed by atoms with Gasteiger partial charge in [-0.1, -0.05) is 6.07 Å². The van der Waals surface area contributed by atoms with Gasteiger partial charge < -0.3 is 9.15 Å². The maximum Gasteiger partial charge on any atom is 0.118 e. The molecule has 19 heavy (non-hydrogen) atoms. The molecule has 0 amide bonds. The molecule has 0 aliphatic carbocycles. The average molecular weight is 260 g/mol. The third-order valence-corrected chi connectivity index (χ3v) is 2.90. The lowest BCUT2D eigenvalue weighted by atomic mass is 10.3. The summed E-state index contributed by atoms with van der Waals surface area (Å²) in [6.07, 6.45) is 1.82. The van der Waals surface area contributed by atoms with Gasteiger partial charge in [0.25, 0.3) is 0 Å². The van der Waals surface area contributed by atoms with Crippen LogP contribution in [0.1, 0.15) is 17.2 Å². The third-order valence-electron chi connectivity index (χ3n) is 2.90. The highest BCUT2D eigenvalue weighted by atomic mass is 16.5. The molecule has 0 unspecified atom stereocenters. The van der Waals surface area contributed by atoms with E-state index in [9.17, 15) is 0 Å². The molecule has 4 heteroatoms. The van der Waals surface area contributed by atoms with Crippen LogP contribution in [0.5, 0.6) is 0 Å². The molecule has 0 atom stereocenters. The lowest BCUT2D eigenvalue weighted by Gasteiger charge is -2.20. The molecule has 2 rings (SSSR count). The van der Waals surface area contributed by atoms with Crippen LogP contribution in [-0.2, 0) is 17.8 Å². The second-order valence-electron chi connectivity index (χ2n) is 4.54. The van der Waals surface area contributed by atoms with Crippen molar-refractivity contribution in [1.82, 2.24) is 9.88 Å². The summed E-state index contributed by atoms with van der Waals surface area (Å²) in [5.74, 6) is 1.92.